The van der Waals surface area contributed by atoms with Crippen LogP contribution in [0.15, 0.2) is 29.5 Å². The Morgan fingerprint density at radius 1 is 1.23 bits per heavy atom. The van der Waals surface area contributed by atoms with Crippen molar-refractivity contribution in [3.05, 3.63) is 46.2 Å². The van der Waals surface area contributed by atoms with Crippen molar-refractivity contribution in [2.75, 3.05) is 39.6 Å². The van der Waals surface area contributed by atoms with Gasteiger partial charge < -0.3 is 36.2 Å². The first-order valence-electron chi connectivity index (χ1n) is 14.0. The highest BCUT2D eigenvalue weighted by molar-refractivity contribution is 6.15. The Labute approximate surface area is 237 Å². The predicted octanol–water partition coefficient (Wildman–Crippen LogP) is 1.98. The molecule has 9 heteroatoms. The monoisotopic (exact) mass is 554 g/mol. The van der Waals surface area contributed by atoms with Crippen LogP contribution in [-0.2, 0) is 17.8 Å². The van der Waals surface area contributed by atoms with Gasteiger partial charge in [0.25, 0.3) is 0 Å². The molecule has 40 heavy (non-hydrogen) atoms. The smallest absolute Gasteiger partial charge is 0.193 e. The van der Waals surface area contributed by atoms with Crippen LogP contribution in [0.1, 0.15) is 55.6 Å². The van der Waals surface area contributed by atoms with Crippen LogP contribution in [0.3, 0.4) is 0 Å². The minimum atomic E-state index is -1.99. The van der Waals surface area contributed by atoms with Crippen molar-refractivity contribution in [1.82, 2.24) is 10.2 Å². The lowest BCUT2D eigenvalue weighted by Crippen LogP contribution is -2.69. The molecule has 0 bridgehead atoms. The molecule has 220 valence electrons. The lowest BCUT2D eigenvalue weighted by Gasteiger charge is -2.55. The number of phenolic OH excluding ortho intramolecular Hbond substituents is 1. The summed E-state index contributed by atoms with van der Waals surface area (Å²) in [6.07, 6.45) is -0.350. The Morgan fingerprint density at radius 3 is 2.38 bits per heavy atom. The van der Waals surface area contributed by atoms with E-state index in [1.54, 1.807) is 21.0 Å². The molecule has 2 unspecified atom stereocenters. The first-order chi connectivity index (χ1) is 18.4. The number of carbonyl (C=O) groups excluding carboxylic acids is 2. The number of aliphatic hydroxyl groups excluding tert-OH is 1. The highest BCUT2D eigenvalue weighted by atomic mass is 16.3. The topological polar surface area (TPSA) is 139 Å². The van der Waals surface area contributed by atoms with Crippen molar-refractivity contribution in [2.45, 2.75) is 64.8 Å². The average Bonchev–Trinajstić information content (AvgIpc) is 2.81. The summed E-state index contributed by atoms with van der Waals surface area (Å²) in [4.78, 5) is 31.9. The number of ketones is 2. The second-order valence-electron chi connectivity index (χ2n) is 13.6. The van der Waals surface area contributed by atoms with Gasteiger partial charge in [0.1, 0.15) is 11.4 Å². The Morgan fingerprint density at radius 2 is 1.85 bits per heavy atom. The lowest BCUT2D eigenvalue weighted by atomic mass is 9.54. The van der Waals surface area contributed by atoms with Gasteiger partial charge in [-0.25, -0.2) is 0 Å². The molecule has 3 aliphatic carbocycles. The van der Waals surface area contributed by atoms with E-state index in [0.29, 0.717) is 30.5 Å². The van der Waals surface area contributed by atoms with E-state index in [0.717, 1.165) is 17.8 Å². The fourth-order valence-corrected chi connectivity index (χ4v) is 7.25. The number of rotatable bonds is 6. The molecule has 0 radical (unpaired) electrons. The van der Waals surface area contributed by atoms with Crippen LogP contribution < -0.4 is 16.0 Å². The lowest BCUT2D eigenvalue weighted by molar-refractivity contribution is -0.167. The summed E-state index contributed by atoms with van der Waals surface area (Å²) in [5.74, 6) is -3.16. The third-order valence-corrected chi connectivity index (χ3v) is 9.05. The van der Waals surface area contributed by atoms with Crippen LogP contribution in [0.2, 0.25) is 0 Å². The normalized spacial score (nSPS) is 30.2. The van der Waals surface area contributed by atoms with Gasteiger partial charge in [0.2, 0.25) is 0 Å². The van der Waals surface area contributed by atoms with Gasteiger partial charge >= 0.3 is 0 Å². The average molecular weight is 555 g/mol. The number of phenols is 1. The highest BCUT2D eigenvalue weighted by Crippen LogP contribution is 2.54. The molecule has 1 aromatic rings. The van der Waals surface area contributed by atoms with Gasteiger partial charge in [-0.05, 0) is 62.4 Å². The number of nitrogens with one attached hydrogen (secondary N) is 1. The number of hydrogen-bond acceptors (Lipinski definition) is 9. The van der Waals surface area contributed by atoms with E-state index in [1.165, 1.54) is 0 Å². The van der Waals surface area contributed by atoms with Gasteiger partial charge in [-0.2, -0.15) is 0 Å². The molecule has 0 heterocycles. The van der Waals surface area contributed by atoms with Crippen molar-refractivity contribution in [3.63, 3.8) is 0 Å². The summed E-state index contributed by atoms with van der Waals surface area (Å²) in [5.41, 5.74) is 7.13. The number of aromatic hydroxyl groups is 1. The molecular formula is C31H46N4O5. The minimum Gasteiger partial charge on any atom is -0.507 e. The van der Waals surface area contributed by atoms with Crippen LogP contribution in [0.25, 0.3) is 0 Å². The maximum atomic E-state index is 14.3. The summed E-state index contributed by atoms with van der Waals surface area (Å²) < 4.78 is 0. The summed E-state index contributed by atoms with van der Waals surface area (Å²) in [5, 5.41) is 38.2. The molecule has 0 aliphatic heterocycles. The standard InChI is InChI=1S/C31H46N4O5/c1-15-22-17(11-20-25(35(8)9)28(38)23(16(2)32)29(39)31(15,20)40)10-19-21(34(6)7)12-18(13-33-14-30(3,4)5)26(36)24(19)27(22)37/h12,17,20,23,25,28,33,36,38,40H,2,10-11,13-14,32H2,1,3-9H3/t17-,20-,23?,25-,28?,31+/m0/s1. The molecule has 9 nitrogen and oxygen atoms in total. The molecule has 1 saturated carbocycles. The second kappa shape index (κ2) is 10.3. The number of allylic oxidation sites excluding steroid dienone is 1. The van der Waals surface area contributed by atoms with Crippen molar-refractivity contribution >= 4 is 17.3 Å². The van der Waals surface area contributed by atoms with Gasteiger partial charge in [0.15, 0.2) is 11.6 Å². The van der Waals surface area contributed by atoms with Gasteiger partial charge in [-0.15, -0.1) is 0 Å². The number of aliphatic hydroxyl groups is 2. The molecule has 1 fully saturated rings. The summed E-state index contributed by atoms with van der Waals surface area (Å²) in [6, 6.07) is 1.35. The molecule has 3 aliphatic rings. The van der Waals surface area contributed by atoms with E-state index in [1.807, 2.05) is 30.0 Å². The molecule has 0 aromatic heterocycles. The van der Waals surface area contributed by atoms with E-state index in [4.69, 9.17) is 5.73 Å². The number of anilines is 1. The maximum Gasteiger partial charge on any atom is 0.193 e. The van der Waals surface area contributed by atoms with E-state index in [2.05, 4.69) is 32.7 Å². The van der Waals surface area contributed by atoms with E-state index < -0.39 is 35.4 Å². The van der Waals surface area contributed by atoms with Crippen LogP contribution in [0.4, 0.5) is 5.69 Å². The van der Waals surface area contributed by atoms with Crippen molar-refractivity contribution in [1.29, 1.82) is 0 Å². The first kappa shape index (κ1) is 30.2. The number of benzene rings is 1. The molecule has 1 aromatic carbocycles. The summed E-state index contributed by atoms with van der Waals surface area (Å²) in [7, 11) is 7.43. The van der Waals surface area contributed by atoms with Crippen molar-refractivity contribution < 1.29 is 24.9 Å². The number of likely N-dealkylation sites (N-methyl/N-ethyl adjacent to an activating group) is 1. The highest BCUT2D eigenvalue weighted by Gasteiger charge is 2.63. The van der Waals surface area contributed by atoms with Crippen LogP contribution in [0, 0.1) is 23.2 Å². The maximum absolute atomic E-state index is 14.3. The minimum absolute atomic E-state index is 0.0165. The van der Waals surface area contributed by atoms with Crippen molar-refractivity contribution in [2.24, 2.45) is 28.9 Å². The fourth-order valence-electron chi connectivity index (χ4n) is 7.25. The van der Waals surface area contributed by atoms with Gasteiger partial charge in [-0.3, -0.25) is 9.59 Å². The van der Waals surface area contributed by atoms with Gasteiger partial charge in [-0.1, -0.05) is 27.4 Å². The fraction of sp³-hybridized carbons (Fsp3) is 0.613. The SMILES string of the molecule is C=C(N)C1C(=O)[C@@]2(O)C(C)=C3C(=O)c4c(O)c(CNCC(C)(C)C)cc(N(C)C)c4C[C@H]3C[C@H]2[C@H](N(C)C)C1O. The third-order valence-electron chi connectivity index (χ3n) is 9.05. The Balaban J connectivity index is 1.88. The first-order valence-corrected chi connectivity index (χ1v) is 14.0. The molecule has 0 saturated heterocycles. The number of nitrogens with zero attached hydrogens (tertiary/aromatic N) is 2. The summed E-state index contributed by atoms with van der Waals surface area (Å²) in [6.45, 7) is 12.8. The number of carbonyl (C=O) groups is 2. The molecule has 6 atom stereocenters. The largest absolute Gasteiger partial charge is 0.507 e. The molecule has 4 rings (SSSR count). The second-order valence-corrected chi connectivity index (χ2v) is 13.6. The predicted molar refractivity (Wildman–Crippen MR) is 156 cm³/mol. The molecule has 0 amide bonds. The Kier molecular flexibility index (Phi) is 7.77. The van der Waals surface area contributed by atoms with E-state index in [9.17, 15) is 24.9 Å². The number of Topliss-reactive ketones (excluding diaryl/α,β-unsaturated/α-hetero) is 2. The number of fused-ring (bicyclic) bond motifs is 3. The Bertz CT molecular complexity index is 1280. The van der Waals surface area contributed by atoms with E-state index in [-0.39, 0.29) is 39.7 Å². The zero-order valence-corrected chi connectivity index (χ0v) is 25.1. The summed E-state index contributed by atoms with van der Waals surface area (Å²) >= 11 is 0. The number of nitrogens with two attached hydrogens (primary N) is 1. The van der Waals surface area contributed by atoms with E-state index >= 15 is 0 Å². The van der Waals surface area contributed by atoms with Crippen molar-refractivity contribution in [3.8, 4) is 5.75 Å². The Hall–Kier alpha value is -2.72. The van der Waals surface area contributed by atoms with Crippen LogP contribution in [-0.4, -0.2) is 84.3 Å². The molecular weight excluding hydrogens is 508 g/mol. The number of hydrogen-bond donors (Lipinski definition) is 5. The zero-order chi connectivity index (χ0) is 30.1. The molecule has 0 spiro atoms. The van der Waals surface area contributed by atoms with Crippen LogP contribution in [0.5, 0.6) is 5.75 Å². The van der Waals surface area contributed by atoms with Crippen LogP contribution >= 0.6 is 0 Å². The third kappa shape index (κ3) is 4.66. The zero-order valence-electron chi connectivity index (χ0n) is 25.1. The van der Waals surface area contributed by atoms with Gasteiger partial charge in [0.05, 0.1) is 17.6 Å². The molecule has 6 N–H and O–H groups in total. The quantitative estimate of drug-likeness (QED) is 0.357. The van der Waals surface area contributed by atoms with Gasteiger partial charge in [0, 0.05) is 61.7 Å².